The number of rotatable bonds is 0. The lowest BCUT2D eigenvalue weighted by Gasteiger charge is -2.05. The molecule has 2 aromatic rings. The third-order valence-electron chi connectivity index (χ3n) is 2.27. The summed E-state index contributed by atoms with van der Waals surface area (Å²) in [5.41, 5.74) is 30.6. The highest BCUT2D eigenvalue weighted by atomic mass is 14.9. The third kappa shape index (κ3) is 0.846. The minimum absolute atomic E-state index is 0.336. The average Bonchev–Trinajstić information content (AvgIpc) is 2.39. The minimum Gasteiger partial charge on any atom is -0.397 e. The van der Waals surface area contributed by atoms with Crippen molar-refractivity contribution in [3.05, 3.63) is 6.07 Å². The zero-order valence-electron chi connectivity index (χ0n) is 7.46. The fourth-order valence-corrected chi connectivity index (χ4v) is 1.48. The van der Waals surface area contributed by atoms with E-state index in [1.165, 1.54) is 0 Å². The van der Waals surface area contributed by atoms with Crippen molar-refractivity contribution in [2.24, 2.45) is 0 Å². The topological polar surface area (TPSA) is 146 Å². The van der Waals surface area contributed by atoms with Crippen molar-refractivity contribution in [3.8, 4) is 0 Å². The van der Waals surface area contributed by atoms with Gasteiger partial charge < -0.3 is 33.7 Å². The number of hydrogen-bond acceptors (Lipinski definition) is 5. The van der Waals surface area contributed by atoms with Crippen molar-refractivity contribution in [1.82, 2.24) is 4.98 Å². The van der Waals surface area contributed by atoms with Gasteiger partial charge in [0.15, 0.2) is 0 Å². The van der Waals surface area contributed by atoms with Gasteiger partial charge in [0.1, 0.15) is 5.82 Å². The highest BCUT2D eigenvalue weighted by molar-refractivity contribution is 6.11. The summed E-state index contributed by atoms with van der Waals surface area (Å²) < 4.78 is 0. The lowest BCUT2D eigenvalue weighted by Crippen LogP contribution is -2.01. The van der Waals surface area contributed by atoms with Gasteiger partial charge in [-0.2, -0.15) is 0 Å². The van der Waals surface area contributed by atoms with Crippen LogP contribution in [0.15, 0.2) is 6.07 Å². The molecule has 6 heteroatoms. The van der Waals surface area contributed by atoms with Crippen LogP contribution in [0.2, 0.25) is 0 Å². The van der Waals surface area contributed by atoms with Crippen LogP contribution in [-0.2, 0) is 0 Å². The average molecular weight is 192 g/mol. The van der Waals surface area contributed by atoms with Gasteiger partial charge in [-0.25, -0.2) is 0 Å². The summed E-state index contributed by atoms with van der Waals surface area (Å²) in [6.07, 6.45) is 0. The van der Waals surface area contributed by atoms with E-state index in [0.29, 0.717) is 39.5 Å². The minimum atomic E-state index is 0.336. The van der Waals surface area contributed by atoms with Gasteiger partial charge in [-0.1, -0.05) is 0 Å². The van der Waals surface area contributed by atoms with Crippen molar-refractivity contribution in [2.45, 2.75) is 0 Å². The molecule has 0 saturated heterocycles. The molecule has 0 aliphatic rings. The number of fused-ring (bicyclic) bond motifs is 1. The van der Waals surface area contributed by atoms with E-state index in [1.807, 2.05) is 0 Å². The number of nitrogens with one attached hydrogen (secondary N) is 1. The van der Waals surface area contributed by atoms with Crippen molar-refractivity contribution < 1.29 is 0 Å². The molecule has 0 unspecified atom stereocenters. The number of aromatic amines is 1. The van der Waals surface area contributed by atoms with Crippen LogP contribution in [-0.4, -0.2) is 4.98 Å². The van der Waals surface area contributed by atoms with Crippen molar-refractivity contribution in [2.75, 3.05) is 28.7 Å². The molecule has 0 aliphatic heterocycles. The molecule has 1 heterocycles. The lowest BCUT2D eigenvalue weighted by molar-refractivity contribution is 1.47. The van der Waals surface area contributed by atoms with Crippen LogP contribution in [0, 0.1) is 0 Å². The maximum Gasteiger partial charge on any atom is 0.125 e. The Morgan fingerprint density at radius 3 is 2.14 bits per heavy atom. The van der Waals surface area contributed by atoms with E-state index >= 15 is 0 Å². The number of H-pyrrole nitrogens is 1. The van der Waals surface area contributed by atoms with Gasteiger partial charge in [-0.05, 0) is 6.07 Å². The van der Waals surface area contributed by atoms with Crippen molar-refractivity contribution >= 4 is 39.5 Å². The number of nitrogens with two attached hydrogens (primary N) is 5. The highest BCUT2D eigenvalue weighted by Gasteiger charge is 2.12. The Morgan fingerprint density at radius 1 is 0.857 bits per heavy atom. The first-order valence-electron chi connectivity index (χ1n) is 4.02. The Bertz CT molecular complexity index is 512. The molecule has 11 N–H and O–H groups in total. The fraction of sp³-hybridized carbons (Fsp3) is 0. The lowest BCUT2D eigenvalue weighted by atomic mass is 10.1. The molecular weight excluding hydrogens is 180 g/mol. The van der Waals surface area contributed by atoms with E-state index in [9.17, 15) is 0 Å². The first-order chi connectivity index (χ1) is 6.52. The number of anilines is 5. The van der Waals surface area contributed by atoms with E-state index < -0.39 is 0 Å². The van der Waals surface area contributed by atoms with E-state index in [1.54, 1.807) is 6.07 Å². The Hall–Kier alpha value is -2.24. The Labute approximate surface area is 80.0 Å². The summed E-state index contributed by atoms with van der Waals surface area (Å²) in [6, 6.07) is 1.66. The molecule has 1 aromatic heterocycles. The van der Waals surface area contributed by atoms with Crippen LogP contribution < -0.4 is 28.7 Å². The zero-order valence-corrected chi connectivity index (χ0v) is 7.46. The molecule has 0 bridgehead atoms. The summed E-state index contributed by atoms with van der Waals surface area (Å²) in [5.74, 6) is 0.372. The number of benzene rings is 1. The van der Waals surface area contributed by atoms with Gasteiger partial charge >= 0.3 is 0 Å². The molecule has 0 radical (unpaired) electrons. The number of aromatic nitrogens is 1. The van der Waals surface area contributed by atoms with Crippen LogP contribution in [0.1, 0.15) is 0 Å². The van der Waals surface area contributed by atoms with E-state index in [0.717, 1.165) is 0 Å². The molecule has 0 saturated carbocycles. The Morgan fingerprint density at radius 2 is 1.50 bits per heavy atom. The van der Waals surface area contributed by atoms with Gasteiger partial charge in [0, 0.05) is 5.39 Å². The first kappa shape index (κ1) is 8.36. The molecule has 14 heavy (non-hydrogen) atoms. The standard InChI is InChI=1S/C8H12N6/c9-2-1-3-4(6(11)5(2)10)7(12)8(13)14-3/h1,14H,9-13H2. The SMILES string of the molecule is Nc1cc2[nH]c(N)c(N)c2c(N)c1N. The second-order valence-electron chi connectivity index (χ2n) is 3.17. The van der Waals surface area contributed by atoms with Crippen LogP contribution in [0.25, 0.3) is 10.9 Å². The fourth-order valence-electron chi connectivity index (χ4n) is 1.48. The summed E-state index contributed by atoms with van der Waals surface area (Å²) in [4.78, 5) is 2.87. The van der Waals surface area contributed by atoms with Gasteiger partial charge in [0.25, 0.3) is 0 Å². The second kappa shape index (κ2) is 2.38. The second-order valence-corrected chi connectivity index (χ2v) is 3.17. The quantitative estimate of drug-likeness (QED) is 0.327. The molecule has 0 atom stereocenters. The van der Waals surface area contributed by atoms with Crippen molar-refractivity contribution in [1.29, 1.82) is 0 Å². The molecule has 74 valence electrons. The number of nitrogen functional groups attached to an aromatic ring is 5. The Kier molecular flexibility index (Phi) is 1.42. The smallest absolute Gasteiger partial charge is 0.125 e. The van der Waals surface area contributed by atoms with Crippen molar-refractivity contribution in [3.63, 3.8) is 0 Å². The van der Waals surface area contributed by atoms with Gasteiger partial charge in [0.05, 0.1) is 28.3 Å². The maximum atomic E-state index is 5.77. The highest BCUT2D eigenvalue weighted by Crippen LogP contribution is 2.37. The molecule has 0 fully saturated rings. The normalized spacial score (nSPS) is 10.9. The molecule has 1 aromatic carbocycles. The molecule has 0 spiro atoms. The van der Waals surface area contributed by atoms with Gasteiger partial charge in [0.2, 0.25) is 0 Å². The van der Waals surface area contributed by atoms with E-state index in [-0.39, 0.29) is 0 Å². The monoisotopic (exact) mass is 192 g/mol. The van der Waals surface area contributed by atoms with Crippen LogP contribution in [0.3, 0.4) is 0 Å². The summed E-state index contributed by atoms with van der Waals surface area (Å²) >= 11 is 0. The Balaban J connectivity index is 2.99. The van der Waals surface area contributed by atoms with Crippen LogP contribution in [0.5, 0.6) is 0 Å². The van der Waals surface area contributed by atoms with E-state index in [4.69, 9.17) is 28.7 Å². The van der Waals surface area contributed by atoms with Gasteiger partial charge in [-0.15, -0.1) is 0 Å². The van der Waals surface area contributed by atoms with Crippen LogP contribution >= 0.6 is 0 Å². The number of hydrogen-bond donors (Lipinski definition) is 6. The molecule has 0 aliphatic carbocycles. The predicted octanol–water partition coefficient (Wildman–Crippen LogP) is 0.0789. The predicted molar refractivity (Wildman–Crippen MR) is 60.4 cm³/mol. The summed E-state index contributed by atoms with van der Waals surface area (Å²) in [5, 5.41) is 0.634. The maximum absolute atomic E-state index is 5.77. The first-order valence-corrected chi connectivity index (χ1v) is 4.02. The zero-order chi connectivity index (χ0) is 10.5. The third-order valence-corrected chi connectivity index (χ3v) is 2.27. The molecular formula is C8H12N6. The molecule has 2 rings (SSSR count). The molecule has 6 nitrogen and oxygen atoms in total. The summed E-state index contributed by atoms with van der Waals surface area (Å²) in [6.45, 7) is 0. The largest absolute Gasteiger partial charge is 0.397 e. The summed E-state index contributed by atoms with van der Waals surface area (Å²) in [7, 11) is 0. The van der Waals surface area contributed by atoms with Gasteiger partial charge in [-0.3, -0.25) is 0 Å². The van der Waals surface area contributed by atoms with E-state index in [2.05, 4.69) is 4.98 Å². The van der Waals surface area contributed by atoms with Crippen LogP contribution in [0.4, 0.5) is 28.6 Å². The molecule has 0 amide bonds.